The number of aryl methyl sites for hydroxylation is 3. The molecule has 0 aliphatic carbocycles. The van der Waals surface area contributed by atoms with Crippen LogP contribution in [0.2, 0.25) is 5.02 Å². The van der Waals surface area contributed by atoms with Gasteiger partial charge in [-0.3, -0.25) is 0 Å². The molecule has 0 spiro atoms. The van der Waals surface area contributed by atoms with Gasteiger partial charge in [-0.1, -0.05) is 17.7 Å². The lowest BCUT2D eigenvalue weighted by atomic mass is 10.1. The molecule has 0 aliphatic rings. The van der Waals surface area contributed by atoms with Crippen LogP contribution in [0.5, 0.6) is 5.75 Å². The molecule has 0 heterocycles. The Morgan fingerprint density at radius 2 is 1.78 bits per heavy atom. The first-order valence-corrected chi connectivity index (χ1v) is 7.84. The molecule has 122 valence electrons. The van der Waals surface area contributed by atoms with E-state index in [2.05, 4.69) is 16.7 Å². The Labute approximate surface area is 141 Å². The van der Waals surface area contributed by atoms with Crippen LogP contribution in [-0.4, -0.2) is 19.2 Å². The number of nitrogens with one attached hydrogen (secondary N) is 2. The molecule has 0 fully saturated rings. The quantitative estimate of drug-likeness (QED) is 0.794. The van der Waals surface area contributed by atoms with Crippen LogP contribution in [0.3, 0.4) is 0 Å². The Balaban J connectivity index is 1.75. The van der Waals surface area contributed by atoms with E-state index in [4.69, 9.17) is 16.3 Å². The van der Waals surface area contributed by atoms with Gasteiger partial charge in [0, 0.05) is 10.7 Å². The molecule has 0 radical (unpaired) electrons. The van der Waals surface area contributed by atoms with Crippen LogP contribution in [0.1, 0.15) is 16.7 Å². The zero-order valence-corrected chi connectivity index (χ0v) is 14.3. The summed E-state index contributed by atoms with van der Waals surface area (Å²) in [5.74, 6) is 0.739. The van der Waals surface area contributed by atoms with Crippen molar-refractivity contribution in [2.24, 2.45) is 0 Å². The van der Waals surface area contributed by atoms with Crippen molar-refractivity contribution in [3.05, 3.63) is 58.1 Å². The maximum atomic E-state index is 11.8. The molecule has 5 heteroatoms. The highest BCUT2D eigenvalue weighted by Crippen LogP contribution is 2.20. The van der Waals surface area contributed by atoms with E-state index < -0.39 is 0 Å². The fourth-order valence-electron chi connectivity index (χ4n) is 2.26. The van der Waals surface area contributed by atoms with Gasteiger partial charge in [0.2, 0.25) is 0 Å². The number of ether oxygens (including phenoxy) is 1. The first-order valence-electron chi connectivity index (χ1n) is 7.46. The molecule has 23 heavy (non-hydrogen) atoms. The monoisotopic (exact) mass is 332 g/mol. The van der Waals surface area contributed by atoms with E-state index in [1.54, 1.807) is 6.07 Å². The van der Waals surface area contributed by atoms with Crippen LogP contribution in [0, 0.1) is 20.8 Å². The van der Waals surface area contributed by atoms with Crippen molar-refractivity contribution in [2.45, 2.75) is 20.8 Å². The highest BCUT2D eigenvalue weighted by molar-refractivity contribution is 6.31. The molecule has 0 bridgehead atoms. The molecule has 0 atom stereocenters. The minimum absolute atomic E-state index is 0.245. The molecule has 0 aromatic heterocycles. The number of carbonyl (C=O) groups is 1. The molecular formula is C18H21ClN2O2. The Morgan fingerprint density at radius 1 is 1.09 bits per heavy atom. The van der Waals surface area contributed by atoms with Crippen LogP contribution >= 0.6 is 11.6 Å². The predicted octanol–water partition coefficient (Wildman–Crippen LogP) is 4.47. The van der Waals surface area contributed by atoms with Gasteiger partial charge in [0.15, 0.2) is 0 Å². The van der Waals surface area contributed by atoms with Crippen molar-refractivity contribution in [1.29, 1.82) is 0 Å². The summed E-state index contributed by atoms with van der Waals surface area (Å²) in [4.78, 5) is 11.8. The van der Waals surface area contributed by atoms with Crippen molar-refractivity contribution in [3.63, 3.8) is 0 Å². The molecule has 0 saturated carbocycles. The maximum Gasteiger partial charge on any atom is 0.319 e. The average molecular weight is 333 g/mol. The summed E-state index contributed by atoms with van der Waals surface area (Å²) in [6.45, 7) is 6.72. The smallest absolute Gasteiger partial charge is 0.319 e. The Morgan fingerprint density at radius 3 is 2.43 bits per heavy atom. The van der Waals surface area contributed by atoms with Gasteiger partial charge in [-0.15, -0.1) is 0 Å². The highest BCUT2D eigenvalue weighted by Gasteiger charge is 2.03. The van der Waals surface area contributed by atoms with Gasteiger partial charge >= 0.3 is 6.03 Å². The number of anilines is 1. The van der Waals surface area contributed by atoms with Crippen LogP contribution in [0.4, 0.5) is 10.5 Å². The Hall–Kier alpha value is -2.20. The molecule has 0 saturated heterocycles. The second-order valence-corrected chi connectivity index (χ2v) is 5.92. The summed E-state index contributed by atoms with van der Waals surface area (Å²) in [6.07, 6.45) is 0. The molecule has 2 N–H and O–H groups in total. The summed E-state index contributed by atoms with van der Waals surface area (Å²) < 4.78 is 5.58. The van der Waals surface area contributed by atoms with Crippen LogP contribution in [-0.2, 0) is 0 Å². The SMILES string of the molecule is Cc1cc(C)cc(NC(=O)NCCOc2ccc(Cl)c(C)c2)c1. The van der Waals surface area contributed by atoms with E-state index in [0.29, 0.717) is 18.2 Å². The number of hydrogen-bond acceptors (Lipinski definition) is 2. The third-order valence-electron chi connectivity index (χ3n) is 3.27. The number of hydrogen-bond donors (Lipinski definition) is 2. The van der Waals surface area contributed by atoms with Crippen molar-refractivity contribution >= 4 is 23.3 Å². The van der Waals surface area contributed by atoms with Crippen molar-refractivity contribution in [3.8, 4) is 5.75 Å². The average Bonchev–Trinajstić information content (AvgIpc) is 2.46. The number of halogens is 1. The van der Waals surface area contributed by atoms with Gasteiger partial charge in [-0.05, 0) is 67.8 Å². The van der Waals surface area contributed by atoms with Gasteiger partial charge in [0.05, 0.1) is 6.54 Å². The lowest BCUT2D eigenvalue weighted by molar-refractivity contribution is 0.247. The molecule has 2 aromatic rings. The molecule has 2 amide bonds. The third kappa shape index (κ3) is 5.49. The lowest BCUT2D eigenvalue weighted by Gasteiger charge is -2.10. The third-order valence-corrected chi connectivity index (χ3v) is 3.69. The van der Waals surface area contributed by atoms with Gasteiger partial charge in [-0.25, -0.2) is 4.79 Å². The minimum Gasteiger partial charge on any atom is -0.492 e. The summed E-state index contributed by atoms with van der Waals surface area (Å²) in [5, 5.41) is 6.29. The zero-order valence-electron chi connectivity index (χ0n) is 13.6. The Bertz CT molecular complexity index is 681. The van der Waals surface area contributed by atoms with Crippen molar-refractivity contribution in [2.75, 3.05) is 18.5 Å². The van der Waals surface area contributed by atoms with Crippen molar-refractivity contribution in [1.82, 2.24) is 5.32 Å². The van der Waals surface area contributed by atoms with Crippen LogP contribution in [0.15, 0.2) is 36.4 Å². The van der Waals surface area contributed by atoms with E-state index >= 15 is 0 Å². The fraction of sp³-hybridized carbons (Fsp3) is 0.278. The number of benzene rings is 2. The van der Waals surface area contributed by atoms with Gasteiger partial charge in [0.25, 0.3) is 0 Å². The minimum atomic E-state index is -0.245. The predicted molar refractivity (Wildman–Crippen MR) is 94.6 cm³/mol. The van der Waals surface area contributed by atoms with Crippen LogP contribution in [0.25, 0.3) is 0 Å². The second-order valence-electron chi connectivity index (χ2n) is 5.52. The van der Waals surface area contributed by atoms with Crippen molar-refractivity contribution < 1.29 is 9.53 Å². The summed E-state index contributed by atoms with van der Waals surface area (Å²) in [7, 11) is 0. The van der Waals surface area contributed by atoms with E-state index in [-0.39, 0.29) is 6.03 Å². The summed E-state index contributed by atoms with van der Waals surface area (Å²) >= 11 is 5.96. The van der Waals surface area contributed by atoms with E-state index in [0.717, 1.165) is 28.1 Å². The van der Waals surface area contributed by atoms with E-state index in [1.165, 1.54) is 0 Å². The number of carbonyl (C=O) groups excluding carboxylic acids is 1. The number of rotatable bonds is 5. The largest absolute Gasteiger partial charge is 0.492 e. The first-order chi connectivity index (χ1) is 10.9. The fourth-order valence-corrected chi connectivity index (χ4v) is 2.38. The van der Waals surface area contributed by atoms with E-state index in [9.17, 15) is 4.79 Å². The van der Waals surface area contributed by atoms with Gasteiger partial charge in [-0.2, -0.15) is 0 Å². The standard InChI is InChI=1S/C18H21ClN2O2/c1-12-8-13(2)10-15(9-12)21-18(22)20-6-7-23-16-4-5-17(19)14(3)11-16/h4-5,8-11H,6-7H2,1-3H3,(H2,20,21,22). The maximum absolute atomic E-state index is 11.8. The van der Waals surface area contributed by atoms with E-state index in [1.807, 2.05) is 45.0 Å². The number of amides is 2. The second kappa shape index (κ2) is 7.88. The Kier molecular flexibility index (Phi) is 5.88. The van der Waals surface area contributed by atoms with Gasteiger partial charge < -0.3 is 15.4 Å². The highest BCUT2D eigenvalue weighted by atomic mass is 35.5. The molecule has 0 unspecified atom stereocenters. The molecule has 4 nitrogen and oxygen atoms in total. The molecular weight excluding hydrogens is 312 g/mol. The molecule has 0 aliphatic heterocycles. The topological polar surface area (TPSA) is 50.4 Å². The van der Waals surface area contributed by atoms with Crippen LogP contribution < -0.4 is 15.4 Å². The lowest BCUT2D eigenvalue weighted by Crippen LogP contribution is -2.32. The molecule has 2 aromatic carbocycles. The molecule has 2 rings (SSSR count). The zero-order chi connectivity index (χ0) is 16.8. The summed E-state index contributed by atoms with van der Waals surface area (Å²) in [6, 6.07) is 11.2. The summed E-state index contributed by atoms with van der Waals surface area (Å²) in [5.41, 5.74) is 3.97. The first kappa shape index (κ1) is 17.2. The normalized spacial score (nSPS) is 10.3. The van der Waals surface area contributed by atoms with Gasteiger partial charge in [0.1, 0.15) is 12.4 Å². The number of urea groups is 1.